The van der Waals surface area contributed by atoms with Crippen LogP contribution in [0.2, 0.25) is 0 Å². The number of nitrogens with zero attached hydrogens (tertiary/aromatic N) is 2. The lowest BCUT2D eigenvalue weighted by Gasteiger charge is -2.38. The molecular weight excluding hydrogens is 216 g/mol. The third-order valence-corrected chi connectivity index (χ3v) is 3.50. The van der Waals surface area contributed by atoms with Crippen molar-refractivity contribution in [2.75, 3.05) is 26.2 Å². The maximum absolute atomic E-state index is 9.83. The molecule has 0 aromatic heterocycles. The van der Waals surface area contributed by atoms with Crippen LogP contribution >= 0.6 is 0 Å². The van der Waals surface area contributed by atoms with Crippen molar-refractivity contribution in [2.45, 2.75) is 45.3 Å². The fraction of sp³-hybridized carbons (Fsp3) is 0.923. The van der Waals surface area contributed by atoms with E-state index in [4.69, 9.17) is 4.74 Å². The summed E-state index contributed by atoms with van der Waals surface area (Å²) in [5.74, 6) is 0.282. The Hall–Kier alpha value is -0.630. The summed E-state index contributed by atoms with van der Waals surface area (Å²) in [6, 6.07) is 2.30. The number of hydrogen-bond acceptors (Lipinski definition) is 4. The van der Waals surface area contributed by atoms with Crippen molar-refractivity contribution >= 4 is 0 Å². The standard InChI is InChI=1S/C13H24N2O2/c1-4-17-13(10-14)5-7-15(8-6-13)9-12(16)11(2)3/h11-12,16H,4-9H2,1-3H3. The summed E-state index contributed by atoms with van der Waals surface area (Å²) in [5, 5.41) is 19.0. The van der Waals surface area contributed by atoms with Crippen LogP contribution in [0.25, 0.3) is 0 Å². The van der Waals surface area contributed by atoms with E-state index in [1.807, 2.05) is 20.8 Å². The second-order valence-corrected chi connectivity index (χ2v) is 5.15. The van der Waals surface area contributed by atoms with Crippen molar-refractivity contribution in [3.05, 3.63) is 0 Å². The number of rotatable bonds is 5. The number of nitriles is 1. The summed E-state index contributed by atoms with van der Waals surface area (Å²) in [6.45, 7) is 8.92. The van der Waals surface area contributed by atoms with Gasteiger partial charge in [0.15, 0.2) is 5.60 Å². The average Bonchev–Trinajstić information content (AvgIpc) is 2.32. The molecule has 0 aromatic rings. The zero-order valence-corrected chi connectivity index (χ0v) is 11.1. The molecule has 1 heterocycles. The van der Waals surface area contributed by atoms with Gasteiger partial charge < -0.3 is 14.7 Å². The Morgan fingerprint density at radius 2 is 2.00 bits per heavy atom. The lowest BCUT2D eigenvalue weighted by Crippen LogP contribution is -2.47. The van der Waals surface area contributed by atoms with Gasteiger partial charge in [-0.3, -0.25) is 0 Å². The minimum absolute atomic E-state index is 0.281. The zero-order chi connectivity index (χ0) is 12.9. The van der Waals surface area contributed by atoms with Crippen molar-refractivity contribution in [1.82, 2.24) is 4.90 Å². The Morgan fingerprint density at radius 1 is 1.41 bits per heavy atom. The van der Waals surface area contributed by atoms with Gasteiger partial charge in [0.05, 0.1) is 12.2 Å². The lowest BCUT2D eigenvalue weighted by molar-refractivity contribution is -0.0466. The quantitative estimate of drug-likeness (QED) is 0.789. The molecule has 1 atom stereocenters. The van der Waals surface area contributed by atoms with Gasteiger partial charge in [-0.05, 0) is 12.8 Å². The number of aliphatic hydroxyl groups is 1. The molecule has 4 heteroatoms. The molecule has 0 saturated carbocycles. The monoisotopic (exact) mass is 240 g/mol. The van der Waals surface area contributed by atoms with Gasteiger partial charge in [-0.1, -0.05) is 13.8 Å². The number of piperidine rings is 1. The lowest BCUT2D eigenvalue weighted by atomic mass is 9.92. The normalized spacial score (nSPS) is 22.4. The third kappa shape index (κ3) is 3.95. The highest BCUT2D eigenvalue weighted by molar-refractivity contribution is 5.05. The van der Waals surface area contributed by atoms with E-state index in [1.165, 1.54) is 0 Å². The molecule has 98 valence electrons. The second-order valence-electron chi connectivity index (χ2n) is 5.15. The number of likely N-dealkylation sites (tertiary alicyclic amines) is 1. The first-order valence-corrected chi connectivity index (χ1v) is 6.48. The predicted octanol–water partition coefficient (Wildman–Crippen LogP) is 1.40. The van der Waals surface area contributed by atoms with Gasteiger partial charge >= 0.3 is 0 Å². The fourth-order valence-electron chi connectivity index (χ4n) is 2.14. The number of aliphatic hydroxyl groups excluding tert-OH is 1. The Labute approximate surface area is 104 Å². The summed E-state index contributed by atoms with van der Waals surface area (Å²) < 4.78 is 5.57. The van der Waals surface area contributed by atoms with Crippen LogP contribution in [0.3, 0.4) is 0 Å². The van der Waals surface area contributed by atoms with Gasteiger partial charge in [-0.15, -0.1) is 0 Å². The van der Waals surface area contributed by atoms with E-state index >= 15 is 0 Å². The van der Waals surface area contributed by atoms with Crippen LogP contribution in [-0.2, 0) is 4.74 Å². The molecule has 1 fully saturated rings. The minimum Gasteiger partial charge on any atom is -0.392 e. The highest BCUT2D eigenvalue weighted by atomic mass is 16.5. The van der Waals surface area contributed by atoms with Crippen LogP contribution in [0.4, 0.5) is 0 Å². The molecule has 0 aromatic carbocycles. The molecule has 1 aliphatic rings. The Morgan fingerprint density at radius 3 is 2.41 bits per heavy atom. The first kappa shape index (κ1) is 14.4. The molecule has 1 N–H and O–H groups in total. The van der Waals surface area contributed by atoms with Crippen LogP contribution in [0, 0.1) is 17.2 Å². The van der Waals surface area contributed by atoms with E-state index in [9.17, 15) is 10.4 Å². The zero-order valence-electron chi connectivity index (χ0n) is 11.1. The average molecular weight is 240 g/mol. The molecule has 1 unspecified atom stereocenters. The molecule has 1 saturated heterocycles. The molecule has 17 heavy (non-hydrogen) atoms. The van der Waals surface area contributed by atoms with E-state index in [-0.39, 0.29) is 12.0 Å². The van der Waals surface area contributed by atoms with Gasteiger partial charge in [0.25, 0.3) is 0 Å². The summed E-state index contributed by atoms with van der Waals surface area (Å²) in [6.07, 6.45) is 1.20. The van der Waals surface area contributed by atoms with Crippen molar-refractivity contribution in [2.24, 2.45) is 5.92 Å². The first-order valence-electron chi connectivity index (χ1n) is 6.48. The molecule has 0 aliphatic carbocycles. The SMILES string of the molecule is CCOC1(C#N)CCN(CC(O)C(C)C)CC1. The maximum atomic E-state index is 9.83. The van der Waals surface area contributed by atoms with E-state index in [0.717, 1.165) is 25.9 Å². The third-order valence-electron chi connectivity index (χ3n) is 3.50. The van der Waals surface area contributed by atoms with Gasteiger partial charge in [-0.2, -0.15) is 5.26 Å². The Balaban J connectivity index is 2.42. The van der Waals surface area contributed by atoms with Crippen molar-refractivity contribution in [1.29, 1.82) is 5.26 Å². The van der Waals surface area contributed by atoms with E-state index in [1.54, 1.807) is 0 Å². The van der Waals surface area contributed by atoms with Crippen LogP contribution in [0.15, 0.2) is 0 Å². The fourth-order valence-corrected chi connectivity index (χ4v) is 2.14. The summed E-state index contributed by atoms with van der Waals surface area (Å²) in [5.41, 5.74) is -0.589. The molecule has 1 rings (SSSR count). The predicted molar refractivity (Wildman–Crippen MR) is 66.5 cm³/mol. The van der Waals surface area contributed by atoms with Gasteiger partial charge in [-0.25, -0.2) is 0 Å². The Bertz CT molecular complexity index is 265. The molecule has 1 aliphatic heterocycles. The summed E-state index contributed by atoms with van der Waals surface area (Å²) in [7, 11) is 0. The molecule has 4 nitrogen and oxygen atoms in total. The largest absolute Gasteiger partial charge is 0.392 e. The van der Waals surface area contributed by atoms with Crippen LogP contribution in [0.1, 0.15) is 33.6 Å². The van der Waals surface area contributed by atoms with Gasteiger partial charge in [0.2, 0.25) is 0 Å². The van der Waals surface area contributed by atoms with Gasteiger partial charge in [0.1, 0.15) is 0 Å². The molecule has 0 bridgehead atoms. The Kier molecular flexibility index (Phi) is 5.38. The first-order chi connectivity index (χ1) is 8.03. The number of β-amino-alcohol motifs (C(OH)–C–C–N with tert-alkyl or cyclic N) is 1. The van der Waals surface area contributed by atoms with E-state index in [2.05, 4.69) is 11.0 Å². The topological polar surface area (TPSA) is 56.5 Å². The van der Waals surface area contributed by atoms with Crippen LogP contribution in [0.5, 0.6) is 0 Å². The van der Waals surface area contributed by atoms with Crippen molar-refractivity contribution in [3.8, 4) is 6.07 Å². The molecule has 0 amide bonds. The maximum Gasteiger partial charge on any atom is 0.156 e. The minimum atomic E-state index is -0.589. The second kappa shape index (κ2) is 6.34. The smallest absolute Gasteiger partial charge is 0.156 e. The summed E-state index contributed by atoms with van der Waals surface area (Å²) in [4.78, 5) is 2.22. The number of hydrogen-bond donors (Lipinski definition) is 1. The molecule has 0 spiro atoms. The van der Waals surface area contributed by atoms with Gasteiger partial charge in [0, 0.05) is 39.1 Å². The van der Waals surface area contributed by atoms with Crippen molar-refractivity contribution < 1.29 is 9.84 Å². The van der Waals surface area contributed by atoms with Crippen molar-refractivity contribution in [3.63, 3.8) is 0 Å². The van der Waals surface area contributed by atoms with Crippen LogP contribution in [-0.4, -0.2) is 48.0 Å². The van der Waals surface area contributed by atoms with Crippen LogP contribution < -0.4 is 0 Å². The number of ether oxygens (including phenoxy) is 1. The molecular formula is C13H24N2O2. The van der Waals surface area contributed by atoms with E-state index < -0.39 is 5.60 Å². The highest BCUT2D eigenvalue weighted by Gasteiger charge is 2.35. The summed E-state index contributed by atoms with van der Waals surface area (Å²) >= 11 is 0. The van der Waals surface area contributed by atoms with E-state index in [0.29, 0.717) is 13.2 Å². The highest BCUT2D eigenvalue weighted by Crippen LogP contribution is 2.26. The molecule has 0 radical (unpaired) electrons.